The van der Waals surface area contributed by atoms with Gasteiger partial charge in [0.05, 0.1) is 15.0 Å². The van der Waals surface area contributed by atoms with Crippen LogP contribution in [0.1, 0.15) is 18.1 Å². The Morgan fingerprint density at radius 3 is 2.35 bits per heavy atom. The number of halogens is 2. The first-order valence-electron chi connectivity index (χ1n) is 7.90. The summed E-state index contributed by atoms with van der Waals surface area (Å²) in [5.41, 5.74) is 1.63. The highest BCUT2D eigenvalue weighted by Crippen LogP contribution is 2.37. The molecule has 7 heteroatoms. The van der Waals surface area contributed by atoms with Crippen LogP contribution >= 0.6 is 35.0 Å². The molecule has 0 N–H and O–H groups in total. The van der Waals surface area contributed by atoms with Gasteiger partial charge in [-0.3, -0.25) is 14.5 Å². The number of rotatable bonds is 5. The first kappa shape index (κ1) is 18.8. The molecule has 0 atom stereocenters. The highest BCUT2D eigenvalue weighted by molar-refractivity contribution is 8.18. The maximum absolute atomic E-state index is 12.2. The molecule has 0 bridgehead atoms. The average molecular weight is 408 g/mol. The first-order valence-corrected chi connectivity index (χ1v) is 9.48. The lowest BCUT2D eigenvalue weighted by Gasteiger charge is -2.11. The zero-order chi connectivity index (χ0) is 18.7. The molecule has 1 heterocycles. The third-order valence-electron chi connectivity index (χ3n) is 3.73. The van der Waals surface area contributed by atoms with Crippen molar-refractivity contribution < 1.29 is 14.3 Å². The maximum atomic E-state index is 12.2. The van der Waals surface area contributed by atoms with E-state index in [1.807, 2.05) is 30.3 Å². The molecule has 1 fully saturated rings. The standard InChI is InChI=1S/C19H15Cl2NO3S/c1-2-22-18(23)16(26-19(22)24)10-13-8-14(20)17(15(21)9-13)25-11-12-6-4-3-5-7-12/h3-10H,2,11H2,1H3/b16-10+. The highest BCUT2D eigenvalue weighted by atomic mass is 35.5. The number of ether oxygens (including phenoxy) is 1. The second-order valence-corrected chi connectivity index (χ2v) is 7.32. The van der Waals surface area contributed by atoms with E-state index in [4.69, 9.17) is 27.9 Å². The van der Waals surface area contributed by atoms with Crippen molar-refractivity contribution in [2.75, 3.05) is 6.54 Å². The van der Waals surface area contributed by atoms with E-state index in [-0.39, 0.29) is 11.1 Å². The van der Waals surface area contributed by atoms with Crippen LogP contribution in [0, 0.1) is 0 Å². The quantitative estimate of drug-likeness (QED) is 0.602. The van der Waals surface area contributed by atoms with Gasteiger partial charge in [0, 0.05) is 6.54 Å². The molecule has 0 unspecified atom stereocenters. The van der Waals surface area contributed by atoms with Crippen molar-refractivity contribution in [1.82, 2.24) is 4.90 Å². The van der Waals surface area contributed by atoms with Crippen LogP contribution in [0.15, 0.2) is 47.4 Å². The number of imide groups is 1. The van der Waals surface area contributed by atoms with Gasteiger partial charge in [-0.2, -0.15) is 0 Å². The molecule has 0 radical (unpaired) electrons. The fourth-order valence-corrected chi connectivity index (χ4v) is 3.97. The third kappa shape index (κ3) is 4.06. The van der Waals surface area contributed by atoms with Crippen molar-refractivity contribution in [3.63, 3.8) is 0 Å². The topological polar surface area (TPSA) is 46.6 Å². The largest absolute Gasteiger partial charge is 0.486 e. The van der Waals surface area contributed by atoms with Gasteiger partial charge in [-0.25, -0.2) is 0 Å². The fraction of sp³-hybridized carbons (Fsp3) is 0.158. The normalized spacial score (nSPS) is 15.8. The van der Waals surface area contributed by atoms with E-state index in [0.717, 1.165) is 17.3 Å². The van der Waals surface area contributed by atoms with Gasteiger partial charge < -0.3 is 4.74 Å². The van der Waals surface area contributed by atoms with Crippen LogP contribution in [0.2, 0.25) is 10.0 Å². The minimum Gasteiger partial charge on any atom is -0.486 e. The van der Waals surface area contributed by atoms with Gasteiger partial charge >= 0.3 is 0 Å². The van der Waals surface area contributed by atoms with Crippen LogP contribution in [0.4, 0.5) is 4.79 Å². The molecule has 1 aliphatic heterocycles. The van der Waals surface area contributed by atoms with Gasteiger partial charge in [0.15, 0.2) is 5.75 Å². The summed E-state index contributed by atoms with van der Waals surface area (Å²) in [5.74, 6) is 0.0788. The van der Waals surface area contributed by atoms with Crippen molar-refractivity contribution in [3.8, 4) is 5.75 Å². The van der Waals surface area contributed by atoms with E-state index < -0.39 is 0 Å². The lowest BCUT2D eigenvalue weighted by molar-refractivity contribution is -0.122. The van der Waals surface area contributed by atoms with E-state index in [1.54, 1.807) is 25.1 Å². The van der Waals surface area contributed by atoms with Gasteiger partial charge in [0.2, 0.25) is 0 Å². The van der Waals surface area contributed by atoms with E-state index in [1.165, 1.54) is 4.90 Å². The smallest absolute Gasteiger partial charge is 0.293 e. The molecule has 1 saturated heterocycles. The summed E-state index contributed by atoms with van der Waals surface area (Å²) in [7, 11) is 0. The van der Waals surface area contributed by atoms with Crippen LogP contribution in [0.25, 0.3) is 6.08 Å². The predicted octanol–water partition coefficient (Wildman–Crippen LogP) is 5.63. The zero-order valence-corrected chi connectivity index (χ0v) is 16.2. The molecule has 0 saturated carbocycles. The molecular formula is C19H15Cl2NO3S. The van der Waals surface area contributed by atoms with E-state index in [0.29, 0.717) is 39.4 Å². The maximum Gasteiger partial charge on any atom is 0.293 e. The zero-order valence-electron chi connectivity index (χ0n) is 13.9. The minimum absolute atomic E-state index is 0.274. The fourth-order valence-electron chi connectivity index (χ4n) is 2.45. The average Bonchev–Trinajstić information content (AvgIpc) is 2.88. The predicted molar refractivity (Wildman–Crippen MR) is 106 cm³/mol. The number of likely N-dealkylation sites (N-methyl/N-ethyl adjacent to an activating group) is 1. The number of carbonyl (C=O) groups excluding carboxylic acids is 2. The van der Waals surface area contributed by atoms with Crippen LogP contribution in [-0.2, 0) is 11.4 Å². The SMILES string of the molecule is CCN1C(=O)S/C(=C/c2cc(Cl)c(OCc3ccccc3)c(Cl)c2)C1=O. The molecule has 2 aromatic rings. The molecule has 4 nitrogen and oxygen atoms in total. The molecule has 26 heavy (non-hydrogen) atoms. The van der Waals surface area contributed by atoms with E-state index in [9.17, 15) is 9.59 Å². The highest BCUT2D eigenvalue weighted by Gasteiger charge is 2.33. The van der Waals surface area contributed by atoms with Gasteiger partial charge in [0.1, 0.15) is 6.61 Å². The molecule has 2 amide bonds. The van der Waals surface area contributed by atoms with Crippen LogP contribution in [0.3, 0.4) is 0 Å². The Balaban J connectivity index is 1.80. The minimum atomic E-state index is -0.306. The van der Waals surface area contributed by atoms with Gasteiger partial charge in [-0.15, -0.1) is 0 Å². The van der Waals surface area contributed by atoms with Crippen LogP contribution < -0.4 is 4.74 Å². The first-order chi connectivity index (χ1) is 12.5. The lowest BCUT2D eigenvalue weighted by Crippen LogP contribution is -2.27. The molecule has 0 spiro atoms. The second-order valence-electron chi connectivity index (χ2n) is 5.51. The molecule has 1 aliphatic rings. The Labute approximate surface area is 165 Å². The number of amides is 2. The summed E-state index contributed by atoms with van der Waals surface area (Å²) in [6.45, 7) is 2.44. The lowest BCUT2D eigenvalue weighted by atomic mass is 10.2. The number of nitrogens with zero attached hydrogens (tertiary/aromatic N) is 1. The molecule has 0 aliphatic carbocycles. The van der Waals surface area contributed by atoms with Gasteiger partial charge in [0.25, 0.3) is 11.1 Å². The van der Waals surface area contributed by atoms with Crippen LogP contribution in [0.5, 0.6) is 5.75 Å². The Bertz CT molecular complexity index is 861. The summed E-state index contributed by atoms with van der Waals surface area (Å²) >= 11 is 13.5. The summed E-state index contributed by atoms with van der Waals surface area (Å²) < 4.78 is 5.73. The Hall–Kier alpha value is -1.95. The van der Waals surface area contributed by atoms with Crippen molar-refractivity contribution in [2.24, 2.45) is 0 Å². The van der Waals surface area contributed by atoms with Gasteiger partial charge in [-0.1, -0.05) is 53.5 Å². The molecular weight excluding hydrogens is 393 g/mol. The molecule has 134 valence electrons. The Kier molecular flexibility index (Phi) is 5.91. The number of carbonyl (C=O) groups is 2. The van der Waals surface area contributed by atoms with Crippen molar-refractivity contribution in [1.29, 1.82) is 0 Å². The number of hydrogen-bond acceptors (Lipinski definition) is 4. The Morgan fingerprint density at radius 2 is 1.77 bits per heavy atom. The second kappa shape index (κ2) is 8.16. The van der Waals surface area contributed by atoms with Crippen LogP contribution in [-0.4, -0.2) is 22.6 Å². The van der Waals surface area contributed by atoms with Crippen molar-refractivity contribution in [2.45, 2.75) is 13.5 Å². The summed E-state index contributed by atoms with van der Waals surface area (Å²) in [5, 5.41) is 0.410. The third-order valence-corrected chi connectivity index (χ3v) is 5.20. The molecule has 0 aromatic heterocycles. The molecule has 3 rings (SSSR count). The monoisotopic (exact) mass is 407 g/mol. The summed E-state index contributed by atoms with van der Waals surface area (Å²) in [4.78, 5) is 25.5. The van der Waals surface area contributed by atoms with E-state index in [2.05, 4.69) is 0 Å². The van der Waals surface area contributed by atoms with Crippen molar-refractivity contribution in [3.05, 3.63) is 68.5 Å². The number of hydrogen-bond donors (Lipinski definition) is 0. The van der Waals surface area contributed by atoms with Gasteiger partial charge in [-0.05, 0) is 48.0 Å². The summed E-state index contributed by atoms with van der Waals surface area (Å²) in [6, 6.07) is 13.0. The summed E-state index contributed by atoms with van der Waals surface area (Å²) in [6.07, 6.45) is 1.61. The number of thioether (sulfide) groups is 1. The molecule has 2 aromatic carbocycles. The van der Waals surface area contributed by atoms with Crippen molar-refractivity contribution >= 4 is 52.2 Å². The van der Waals surface area contributed by atoms with E-state index >= 15 is 0 Å². The Morgan fingerprint density at radius 1 is 1.12 bits per heavy atom. The number of benzene rings is 2.